The van der Waals surface area contributed by atoms with Crippen molar-refractivity contribution in [3.63, 3.8) is 0 Å². The standard InChI is InChI=1S/C18H15ClN2O2/c1-12-16(11-13-10-14(19)8-9-17(13)23-2)18(22)21(20-12)15-6-4-3-5-7-15/h3-11H,1-2H3/b16-11+. The van der Waals surface area contributed by atoms with E-state index in [2.05, 4.69) is 5.10 Å². The molecule has 116 valence electrons. The normalized spacial score (nSPS) is 16.0. The quantitative estimate of drug-likeness (QED) is 0.795. The molecular weight excluding hydrogens is 312 g/mol. The Hall–Kier alpha value is -2.59. The molecule has 0 spiro atoms. The third-order valence-electron chi connectivity index (χ3n) is 3.55. The highest BCUT2D eigenvalue weighted by Crippen LogP contribution is 2.29. The van der Waals surface area contributed by atoms with Crippen molar-refractivity contribution in [2.75, 3.05) is 12.1 Å². The molecule has 2 aromatic rings. The second-order valence-corrected chi connectivity index (χ2v) is 5.52. The molecule has 0 fully saturated rings. The zero-order valence-electron chi connectivity index (χ0n) is 12.8. The van der Waals surface area contributed by atoms with E-state index in [0.29, 0.717) is 22.1 Å². The molecule has 0 radical (unpaired) electrons. The van der Waals surface area contributed by atoms with E-state index in [1.165, 1.54) is 5.01 Å². The fourth-order valence-corrected chi connectivity index (χ4v) is 2.58. The maximum atomic E-state index is 12.7. The first-order valence-electron chi connectivity index (χ1n) is 7.10. The highest BCUT2D eigenvalue weighted by molar-refractivity contribution is 6.33. The molecule has 1 aliphatic heterocycles. The predicted octanol–water partition coefficient (Wildman–Crippen LogP) is 4.15. The molecule has 5 heteroatoms. The zero-order chi connectivity index (χ0) is 16.4. The summed E-state index contributed by atoms with van der Waals surface area (Å²) in [4.78, 5) is 12.7. The lowest BCUT2D eigenvalue weighted by molar-refractivity contribution is -0.114. The first-order chi connectivity index (χ1) is 11.1. The van der Waals surface area contributed by atoms with Crippen LogP contribution in [0.3, 0.4) is 0 Å². The number of methoxy groups -OCH3 is 1. The van der Waals surface area contributed by atoms with Crippen LogP contribution in [-0.4, -0.2) is 18.7 Å². The first-order valence-corrected chi connectivity index (χ1v) is 7.48. The van der Waals surface area contributed by atoms with Crippen molar-refractivity contribution in [3.05, 3.63) is 64.7 Å². The number of anilines is 1. The number of rotatable bonds is 3. The van der Waals surface area contributed by atoms with Crippen molar-refractivity contribution in [1.29, 1.82) is 0 Å². The minimum absolute atomic E-state index is 0.171. The lowest BCUT2D eigenvalue weighted by Crippen LogP contribution is -2.21. The van der Waals surface area contributed by atoms with Crippen molar-refractivity contribution in [3.8, 4) is 5.75 Å². The first kappa shape index (κ1) is 15.3. The summed E-state index contributed by atoms with van der Waals surface area (Å²) in [6, 6.07) is 14.6. The van der Waals surface area contributed by atoms with E-state index < -0.39 is 0 Å². The Morgan fingerprint density at radius 1 is 1.17 bits per heavy atom. The topological polar surface area (TPSA) is 41.9 Å². The van der Waals surface area contributed by atoms with E-state index in [-0.39, 0.29) is 5.91 Å². The van der Waals surface area contributed by atoms with Gasteiger partial charge in [0.15, 0.2) is 0 Å². The molecule has 0 N–H and O–H groups in total. The predicted molar refractivity (Wildman–Crippen MR) is 93.0 cm³/mol. The maximum Gasteiger partial charge on any atom is 0.280 e. The molecule has 0 aromatic heterocycles. The van der Waals surface area contributed by atoms with Gasteiger partial charge in [-0.2, -0.15) is 10.1 Å². The van der Waals surface area contributed by atoms with Gasteiger partial charge >= 0.3 is 0 Å². The largest absolute Gasteiger partial charge is 0.496 e. The van der Waals surface area contributed by atoms with Crippen LogP contribution in [0.1, 0.15) is 12.5 Å². The summed E-state index contributed by atoms with van der Waals surface area (Å²) in [5.41, 5.74) is 2.65. The van der Waals surface area contributed by atoms with Crippen molar-refractivity contribution in [2.24, 2.45) is 5.10 Å². The highest BCUT2D eigenvalue weighted by atomic mass is 35.5. The average molecular weight is 327 g/mol. The second-order valence-electron chi connectivity index (χ2n) is 5.08. The molecule has 0 saturated heterocycles. The summed E-state index contributed by atoms with van der Waals surface area (Å²) in [5.74, 6) is 0.483. The van der Waals surface area contributed by atoms with Crippen LogP contribution in [0.25, 0.3) is 6.08 Å². The summed E-state index contributed by atoms with van der Waals surface area (Å²) < 4.78 is 5.32. The fourth-order valence-electron chi connectivity index (χ4n) is 2.40. The monoisotopic (exact) mass is 326 g/mol. The Balaban J connectivity index is 2.00. The zero-order valence-corrected chi connectivity index (χ0v) is 13.5. The van der Waals surface area contributed by atoms with Crippen LogP contribution in [0.15, 0.2) is 59.2 Å². The number of carbonyl (C=O) groups excluding carboxylic acids is 1. The van der Waals surface area contributed by atoms with Gasteiger partial charge in [0.05, 0.1) is 24.1 Å². The van der Waals surface area contributed by atoms with Crippen LogP contribution < -0.4 is 9.75 Å². The molecule has 0 unspecified atom stereocenters. The fraction of sp³-hybridized carbons (Fsp3) is 0.111. The van der Waals surface area contributed by atoms with Crippen LogP contribution in [0.2, 0.25) is 5.02 Å². The smallest absolute Gasteiger partial charge is 0.280 e. The van der Waals surface area contributed by atoms with Crippen LogP contribution in [0, 0.1) is 0 Å². The van der Waals surface area contributed by atoms with Gasteiger partial charge in [0.1, 0.15) is 5.75 Å². The van der Waals surface area contributed by atoms with E-state index in [9.17, 15) is 4.79 Å². The number of benzene rings is 2. The Morgan fingerprint density at radius 3 is 2.61 bits per heavy atom. The minimum Gasteiger partial charge on any atom is -0.496 e. The Bertz CT molecular complexity index is 813. The van der Waals surface area contributed by atoms with E-state index in [1.54, 1.807) is 31.4 Å². The molecule has 0 bridgehead atoms. The number of halogens is 1. The number of nitrogens with zero attached hydrogens (tertiary/aromatic N) is 2. The summed E-state index contributed by atoms with van der Waals surface area (Å²) in [6.07, 6.45) is 1.76. The van der Waals surface area contributed by atoms with Gasteiger partial charge in [0.25, 0.3) is 5.91 Å². The van der Waals surface area contributed by atoms with Crippen LogP contribution >= 0.6 is 11.6 Å². The number of ether oxygens (including phenoxy) is 1. The summed E-state index contributed by atoms with van der Waals surface area (Å²) in [5, 5.41) is 6.34. The Morgan fingerprint density at radius 2 is 1.91 bits per heavy atom. The number of hydrogen-bond acceptors (Lipinski definition) is 3. The van der Waals surface area contributed by atoms with Crippen molar-refractivity contribution in [1.82, 2.24) is 0 Å². The van der Waals surface area contributed by atoms with E-state index in [1.807, 2.05) is 37.3 Å². The van der Waals surface area contributed by atoms with Gasteiger partial charge in [-0.1, -0.05) is 29.8 Å². The maximum absolute atomic E-state index is 12.7. The van der Waals surface area contributed by atoms with Crippen LogP contribution in [-0.2, 0) is 4.79 Å². The van der Waals surface area contributed by atoms with E-state index in [4.69, 9.17) is 16.3 Å². The molecule has 2 aromatic carbocycles. The lowest BCUT2D eigenvalue weighted by atomic mass is 10.1. The number of hydrazone groups is 1. The summed E-state index contributed by atoms with van der Waals surface area (Å²) in [6.45, 7) is 1.81. The van der Waals surface area contributed by atoms with Gasteiger partial charge in [-0.05, 0) is 43.3 Å². The van der Waals surface area contributed by atoms with Gasteiger partial charge in [0.2, 0.25) is 0 Å². The molecule has 1 aliphatic rings. The van der Waals surface area contributed by atoms with Crippen LogP contribution in [0.5, 0.6) is 5.75 Å². The van der Waals surface area contributed by atoms with Gasteiger partial charge in [0, 0.05) is 10.6 Å². The molecule has 1 amide bonds. The molecule has 0 atom stereocenters. The second kappa shape index (κ2) is 6.26. The summed E-state index contributed by atoms with van der Waals surface area (Å²) >= 11 is 6.05. The molecule has 4 nitrogen and oxygen atoms in total. The van der Waals surface area contributed by atoms with E-state index in [0.717, 1.165) is 11.3 Å². The average Bonchev–Trinajstić information content (AvgIpc) is 2.84. The molecule has 23 heavy (non-hydrogen) atoms. The molecular formula is C18H15ClN2O2. The van der Waals surface area contributed by atoms with Crippen molar-refractivity contribution in [2.45, 2.75) is 6.92 Å². The van der Waals surface area contributed by atoms with Gasteiger partial charge in [-0.25, -0.2) is 0 Å². The Kier molecular flexibility index (Phi) is 4.17. The minimum atomic E-state index is -0.171. The number of carbonyl (C=O) groups is 1. The van der Waals surface area contributed by atoms with Crippen molar-refractivity contribution >= 4 is 35.0 Å². The number of hydrogen-bond donors (Lipinski definition) is 0. The third kappa shape index (κ3) is 2.98. The SMILES string of the molecule is COc1ccc(Cl)cc1/C=C1/C(=O)N(c2ccccc2)N=C1C. The molecule has 0 aliphatic carbocycles. The molecule has 3 rings (SSSR count). The van der Waals surface area contributed by atoms with Crippen molar-refractivity contribution < 1.29 is 9.53 Å². The van der Waals surface area contributed by atoms with Gasteiger partial charge in [-0.15, -0.1) is 0 Å². The van der Waals surface area contributed by atoms with Gasteiger partial charge < -0.3 is 4.74 Å². The highest BCUT2D eigenvalue weighted by Gasteiger charge is 2.28. The summed E-state index contributed by atoms with van der Waals surface area (Å²) in [7, 11) is 1.58. The van der Waals surface area contributed by atoms with Gasteiger partial charge in [-0.3, -0.25) is 4.79 Å². The third-order valence-corrected chi connectivity index (χ3v) is 3.79. The lowest BCUT2D eigenvalue weighted by Gasteiger charge is -2.11. The molecule has 1 heterocycles. The van der Waals surface area contributed by atoms with E-state index >= 15 is 0 Å². The number of amides is 1. The van der Waals surface area contributed by atoms with Crippen LogP contribution in [0.4, 0.5) is 5.69 Å². The Labute approximate surface area is 139 Å². The molecule has 0 saturated carbocycles. The number of para-hydroxylation sites is 1.